The van der Waals surface area contributed by atoms with E-state index in [2.05, 4.69) is 5.32 Å². The molecular weight excluding hydrogens is 684 g/mol. The van der Waals surface area contributed by atoms with Gasteiger partial charge in [0, 0.05) is 21.5 Å². The molecule has 14 heteroatoms. The first-order valence-electron chi connectivity index (χ1n) is 12.3. The molecule has 3 atom stereocenters. The lowest BCUT2D eigenvalue weighted by atomic mass is 9.83. The maximum Gasteiger partial charge on any atom is 0.308 e. The molecule has 2 aliphatic rings. The number of thiazole rings is 1. The number of carbonyl (C=O) groups excluding carboxylic acids is 3. The van der Waals surface area contributed by atoms with Crippen molar-refractivity contribution in [1.82, 2.24) is 4.57 Å². The predicted molar refractivity (Wildman–Crippen MR) is 169 cm³/mol. The van der Waals surface area contributed by atoms with Crippen molar-refractivity contribution in [1.29, 1.82) is 0 Å². The molecule has 0 saturated carbocycles. The van der Waals surface area contributed by atoms with Crippen LogP contribution in [0.5, 0.6) is 0 Å². The van der Waals surface area contributed by atoms with Gasteiger partial charge in [0.15, 0.2) is 0 Å². The minimum atomic E-state index is -0.890. The average molecular weight is 700 g/mol. The van der Waals surface area contributed by atoms with Crippen LogP contribution in [0.3, 0.4) is 0 Å². The Kier molecular flexibility index (Phi) is 8.12. The van der Waals surface area contributed by atoms with E-state index in [4.69, 9.17) is 58.0 Å². The van der Waals surface area contributed by atoms with Gasteiger partial charge in [-0.2, -0.15) is 0 Å². The number of rotatable bonds is 5. The molecule has 2 aliphatic heterocycles. The summed E-state index contributed by atoms with van der Waals surface area (Å²) >= 11 is 33.1. The van der Waals surface area contributed by atoms with Crippen LogP contribution in [0.15, 0.2) is 70.5 Å². The van der Waals surface area contributed by atoms with Gasteiger partial charge in [0.25, 0.3) is 0 Å². The summed E-state index contributed by atoms with van der Waals surface area (Å²) in [5, 5.41) is 3.77. The molecule has 4 aromatic rings. The predicted octanol–water partition coefficient (Wildman–Crippen LogP) is 7.61. The lowest BCUT2D eigenvalue weighted by molar-refractivity contribution is -0.122. The van der Waals surface area contributed by atoms with E-state index in [1.54, 1.807) is 54.6 Å². The van der Waals surface area contributed by atoms with Crippen LogP contribution in [0.1, 0.15) is 16.4 Å². The Bertz CT molecular complexity index is 1840. The standard InChI is InChI=1S/C28H16Cl5N3O4S2/c29-12-4-7-14(8-5-12)36-25(38)21-20(15-2-1-3-17(31)22(15)33)24-27(41-23(21)26(36)39)35(28(40)42-24)11-19(37)34-13-6-9-16(30)18(32)10-13/h1-10,20-21,23H,11H2,(H,34,37). The molecule has 3 heterocycles. The molecule has 3 unspecified atom stereocenters. The maximum absolute atomic E-state index is 14.0. The van der Waals surface area contributed by atoms with Gasteiger partial charge in [0.1, 0.15) is 11.8 Å². The van der Waals surface area contributed by atoms with E-state index >= 15 is 0 Å². The SMILES string of the molecule is O=C(Cn1c2c(sc1=O)C(c1cccc(Cl)c1Cl)C1C(=O)N(c3ccc(Cl)cc3)C(=O)C1S2)Nc1ccc(Cl)c(Cl)c1. The number of nitrogens with one attached hydrogen (secondary N) is 1. The van der Waals surface area contributed by atoms with Crippen molar-refractivity contribution in [2.75, 3.05) is 10.2 Å². The second-order valence-corrected chi connectivity index (χ2v) is 13.6. The highest BCUT2D eigenvalue weighted by atomic mass is 35.5. The topological polar surface area (TPSA) is 88.5 Å². The molecule has 0 aliphatic carbocycles. The van der Waals surface area contributed by atoms with Crippen molar-refractivity contribution in [2.24, 2.45) is 5.92 Å². The first-order chi connectivity index (χ1) is 20.0. The summed E-state index contributed by atoms with van der Waals surface area (Å²) in [6, 6.07) is 16.1. The highest BCUT2D eigenvalue weighted by molar-refractivity contribution is 8.00. The van der Waals surface area contributed by atoms with Gasteiger partial charge in [-0.15, -0.1) is 0 Å². The lowest BCUT2D eigenvalue weighted by Gasteiger charge is -2.31. The Balaban J connectivity index is 1.43. The number of hydrogen-bond acceptors (Lipinski definition) is 6. The van der Waals surface area contributed by atoms with E-state index in [-0.39, 0.29) is 21.6 Å². The average Bonchev–Trinajstić information content (AvgIpc) is 3.39. The van der Waals surface area contributed by atoms with Crippen LogP contribution in [-0.4, -0.2) is 27.5 Å². The lowest BCUT2D eigenvalue weighted by Crippen LogP contribution is -2.33. The van der Waals surface area contributed by atoms with Crippen molar-refractivity contribution in [3.63, 3.8) is 0 Å². The number of thioether (sulfide) groups is 1. The Hall–Kier alpha value is -2.50. The largest absolute Gasteiger partial charge is 0.324 e. The number of aromatic nitrogens is 1. The van der Waals surface area contributed by atoms with Crippen LogP contribution < -0.4 is 15.1 Å². The summed E-state index contributed by atoms with van der Waals surface area (Å²) in [6.07, 6.45) is 0. The fraction of sp³-hybridized carbons (Fsp3) is 0.143. The number of hydrogen-bond donors (Lipinski definition) is 1. The number of imide groups is 1. The van der Waals surface area contributed by atoms with E-state index in [0.717, 1.165) is 28.0 Å². The summed E-state index contributed by atoms with van der Waals surface area (Å²) in [5.41, 5.74) is 1.29. The smallest absolute Gasteiger partial charge is 0.308 e. The minimum absolute atomic E-state index is 0.218. The minimum Gasteiger partial charge on any atom is -0.324 e. The number of benzene rings is 3. The van der Waals surface area contributed by atoms with Gasteiger partial charge in [-0.05, 0) is 54.1 Å². The van der Waals surface area contributed by atoms with Gasteiger partial charge in [0.2, 0.25) is 17.7 Å². The molecule has 7 nitrogen and oxygen atoms in total. The second kappa shape index (κ2) is 11.5. The van der Waals surface area contributed by atoms with Crippen molar-refractivity contribution >= 4 is 110 Å². The first-order valence-corrected chi connectivity index (χ1v) is 15.9. The van der Waals surface area contributed by atoms with Gasteiger partial charge in [-0.3, -0.25) is 23.7 Å². The highest BCUT2D eigenvalue weighted by Crippen LogP contribution is 2.55. The van der Waals surface area contributed by atoms with Crippen molar-refractivity contribution in [3.05, 3.63) is 106 Å². The molecule has 0 radical (unpaired) electrons. The van der Waals surface area contributed by atoms with Crippen LogP contribution in [0.4, 0.5) is 11.4 Å². The Morgan fingerprint density at radius 1 is 0.857 bits per heavy atom. The quantitative estimate of drug-likeness (QED) is 0.217. The molecule has 3 amide bonds. The van der Waals surface area contributed by atoms with Crippen molar-refractivity contribution in [2.45, 2.75) is 22.7 Å². The second-order valence-electron chi connectivity index (χ2n) is 9.47. The molecule has 42 heavy (non-hydrogen) atoms. The van der Waals surface area contributed by atoms with Crippen LogP contribution in [0.25, 0.3) is 0 Å². The van der Waals surface area contributed by atoms with E-state index in [9.17, 15) is 19.2 Å². The van der Waals surface area contributed by atoms with Crippen LogP contribution in [0, 0.1) is 5.92 Å². The van der Waals surface area contributed by atoms with Crippen molar-refractivity contribution in [3.8, 4) is 0 Å². The van der Waals surface area contributed by atoms with Gasteiger partial charge < -0.3 is 5.32 Å². The zero-order valence-corrected chi connectivity index (χ0v) is 26.4. The molecule has 0 spiro atoms. The molecule has 6 rings (SSSR count). The number of fused-ring (bicyclic) bond motifs is 2. The molecular formula is C28H16Cl5N3O4S2. The highest BCUT2D eigenvalue weighted by Gasteiger charge is 2.57. The molecule has 1 N–H and O–H groups in total. The van der Waals surface area contributed by atoms with Crippen LogP contribution in [0.2, 0.25) is 25.1 Å². The summed E-state index contributed by atoms with van der Waals surface area (Å²) in [5.74, 6) is -3.01. The number of amides is 3. The monoisotopic (exact) mass is 697 g/mol. The Morgan fingerprint density at radius 2 is 1.60 bits per heavy atom. The van der Waals surface area contributed by atoms with E-state index in [1.807, 2.05) is 0 Å². The number of halogens is 5. The van der Waals surface area contributed by atoms with Gasteiger partial charge in [0.05, 0.1) is 36.7 Å². The summed E-state index contributed by atoms with van der Waals surface area (Å²) < 4.78 is 1.31. The summed E-state index contributed by atoms with van der Waals surface area (Å²) in [7, 11) is 0. The van der Waals surface area contributed by atoms with Gasteiger partial charge in [-0.1, -0.05) is 93.2 Å². The third-order valence-electron chi connectivity index (χ3n) is 6.96. The summed E-state index contributed by atoms with van der Waals surface area (Å²) in [6.45, 7) is -0.339. The van der Waals surface area contributed by atoms with E-state index < -0.39 is 39.7 Å². The third-order valence-corrected chi connectivity index (χ3v) is 11.4. The fourth-order valence-electron chi connectivity index (χ4n) is 5.11. The van der Waals surface area contributed by atoms with Gasteiger partial charge in [-0.25, -0.2) is 4.90 Å². The van der Waals surface area contributed by atoms with Crippen LogP contribution >= 0.6 is 81.1 Å². The zero-order chi connectivity index (χ0) is 29.9. The molecule has 1 aromatic heterocycles. The van der Waals surface area contributed by atoms with Gasteiger partial charge >= 0.3 is 4.87 Å². The maximum atomic E-state index is 14.0. The number of nitrogens with zero attached hydrogens (tertiary/aromatic N) is 2. The van der Waals surface area contributed by atoms with Crippen molar-refractivity contribution < 1.29 is 14.4 Å². The Labute approximate surface area is 272 Å². The first kappa shape index (κ1) is 29.6. The molecule has 1 saturated heterocycles. The van der Waals surface area contributed by atoms with Crippen LogP contribution in [-0.2, 0) is 20.9 Å². The number of carbonyl (C=O) groups is 3. The molecule has 214 valence electrons. The van der Waals surface area contributed by atoms with E-state index in [0.29, 0.717) is 36.9 Å². The molecule has 1 fully saturated rings. The Morgan fingerprint density at radius 3 is 2.31 bits per heavy atom. The molecule has 0 bridgehead atoms. The fourth-order valence-corrected chi connectivity index (χ4v) is 8.73. The summed E-state index contributed by atoms with van der Waals surface area (Å²) in [4.78, 5) is 55.4. The number of anilines is 2. The third kappa shape index (κ3) is 5.15. The normalized spacial score (nSPS) is 19.5. The molecule has 3 aromatic carbocycles. The van der Waals surface area contributed by atoms with E-state index in [1.165, 1.54) is 10.6 Å². The zero-order valence-electron chi connectivity index (χ0n) is 20.9.